The van der Waals surface area contributed by atoms with Crippen molar-refractivity contribution < 1.29 is 29.3 Å². The molecule has 0 spiro atoms. The molecular formula is C25H29N3O6. The minimum atomic E-state index is -1.06. The minimum absolute atomic E-state index is 0.0477. The lowest BCUT2D eigenvalue weighted by molar-refractivity contribution is -0.139. The number of carboxylic acid groups (broad SMARTS) is 1. The molecule has 0 aliphatic carbocycles. The van der Waals surface area contributed by atoms with Crippen LogP contribution in [0, 0.1) is 0 Å². The van der Waals surface area contributed by atoms with E-state index in [0.29, 0.717) is 31.7 Å². The van der Waals surface area contributed by atoms with E-state index in [0.717, 1.165) is 28.9 Å². The molecule has 2 heterocycles. The van der Waals surface area contributed by atoms with E-state index >= 15 is 0 Å². The highest BCUT2D eigenvalue weighted by Gasteiger charge is 2.29. The molecule has 1 saturated heterocycles. The summed E-state index contributed by atoms with van der Waals surface area (Å²) >= 11 is 0. The lowest BCUT2D eigenvalue weighted by Gasteiger charge is -2.32. The molecule has 9 nitrogen and oxygen atoms in total. The molecule has 1 unspecified atom stereocenters. The van der Waals surface area contributed by atoms with E-state index in [1.807, 2.05) is 24.3 Å². The number of anilines is 1. The number of hydrogen-bond acceptors (Lipinski definition) is 6. The molecular weight excluding hydrogens is 438 g/mol. The summed E-state index contributed by atoms with van der Waals surface area (Å²) < 4.78 is 5.34. The Morgan fingerprint density at radius 2 is 2.09 bits per heavy atom. The van der Waals surface area contributed by atoms with E-state index in [1.165, 1.54) is 0 Å². The van der Waals surface area contributed by atoms with Crippen LogP contribution in [-0.4, -0.2) is 77.2 Å². The molecule has 2 aromatic rings. The minimum Gasteiger partial charge on any atom is -0.482 e. The third kappa shape index (κ3) is 5.73. The van der Waals surface area contributed by atoms with Gasteiger partial charge in [0.05, 0.1) is 25.0 Å². The predicted molar refractivity (Wildman–Crippen MR) is 125 cm³/mol. The van der Waals surface area contributed by atoms with Crippen LogP contribution in [0.15, 0.2) is 42.5 Å². The van der Waals surface area contributed by atoms with Gasteiger partial charge in [0, 0.05) is 32.4 Å². The van der Waals surface area contributed by atoms with Crippen LogP contribution < -0.4 is 10.1 Å². The zero-order chi connectivity index (χ0) is 24.2. The lowest BCUT2D eigenvalue weighted by atomic mass is 10.0. The Kier molecular flexibility index (Phi) is 7.14. The first-order chi connectivity index (χ1) is 16.3. The van der Waals surface area contributed by atoms with Crippen molar-refractivity contribution in [3.8, 4) is 5.75 Å². The molecule has 2 aliphatic heterocycles. The van der Waals surface area contributed by atoms with Gasteiger partial charge in [0.2, 0.25) is 11.8 Å². The Hall–Kier alpha value is -3.43. The number of ether oxygens (including phenoxy) is 1. The van der Waals surface area contributed by atoms with Crippen molar-refractivity contribution in [2.45, 2.75) is 31.4 Å². The first kappa shape index (κ1) is 23.7. The number of nitrogens with zero attached hydrogens (tertiary/aromatic N) is 2. The van der Waals surface area contributed by atoms with E-state index in [4.69, 9.17) is 9.84 Å². The number of amides is 2. The van der Waals surface area contributed by atoms with Gasteiger partial charge in [0.1, 0.15) is 5.75 Å². The highest BCUT2D eigenvalue weighted by molar-refractivity contribution is 5.99. The number of carbonyl (C=O) groups is 3. The summed E-state index contributed by atoms with van der Waals surface area (Å²) in [5.41, 5.74) is 3.34. The summed E-state index contributed by atoms with van der Waals surface area (Å²) in [6.07, 6.45) is 0.811. The predicted octanol–water partition coefficient (Wildman–Crippen LogP) is 1.45. The third-order valence-corrected chi connectivity index (χ3v) is 6.29. The Morgan fingerprint density at radius 3 is 2.82 bits per heavy atom. The van der Waals surface area contributed by atoms with Gasteiger partial charge in [-0.05, 0) is 41.3 Å². The van der Waals surface area contributed by atoms with Gasteiger partial charge in [0.25, 0.3) is 0 Å². The maximum absolute atomic E-state index is 13.3. The number of rotatable bonds is 9. The Labute approximate surface area is 197 Å². The van der Waals surface area contributed by atoms with E-state index < -0.39 is 12.6 Å². The smallest absolute Gasteiger partial charge is 0.341 e. The van der Waals surface area contributed by atoms with Crippen molar-refractivity contribution in [1.82, 2.24) is 9.80 Å². The van der Waals surface area contributed by atoms with Crippen molar-refractivity contribution in [1.29, 1.82) is 0 Å². The molecule has 1 fully saturated rings. The number of β-amino-alcohol motifs (C(OH)–C–C–N with tert-alkyl or cyclic N) is 1. The van der Waals surface area contributed by atoms with E-state index in [1.54, 1.807) is 30.1 Å². The van der Waals surface area contributed by atoms with E-state index in [2.05, 4.69) is 10.2 Å². The molecule has 0 aromatic heterocycles. The van der Waals surface area contributed by atoms with Crippen LogP contribution in [0.4, 0.5) is 5.69 Å². The summed E-state index contributed by atoms with van der Waals surface area (Å²) in [7, 11) is 1.75. The van der Waals surface area contributed by atoms with Crippen LogP contribution in [0.2, 0.25) is 0 Å². The number of fused-ring (bicyclic) bond motifs is 1. The fourth-order valence-corrected chi connectivity index (χ4v) is 4.50. The number of benzene rings is 2. The standard InChI is InChI=1S/C25H29N3O6/c1-27(24(31)10-16-5-6-21-18(9-16)12-23(30)26-21)22(14-28-8-7-19(29)13-28)17-3-2-4-20(11-17)34-15-25(32)33/h2-6,9,11,19,22,29H,7-8,10,12-15H2,1H3,(H,26,30)(H,32,33)/t19?,22-/m1/s1. The van der Waals surface area contributed by atoms with Crippen LogP contribution in [0.3, 0.4) is 0 Å². The molecule has 2 amide bonds. The van der Waals surface area contributed by atoms with Crippen molar-refractivity contribution in [2.24, 2.45) is 0 Å². The second-order valence-electron chi connectivity index (χ2n) is 8.87. The molecule has 34 heavy (non-hydrogen) atoms. The second-order valence-corrected chi connectivity index (χ2v) is 8.87. The van der Waals surface area contributed by atoms with Gasteiger partial charge in [-0.3, -0.25) is 14.5 Å². The van der Waals surface area contributed by atoms with E-state index in [-0.39, 0.29) is 30.4 Å². The number of likely N-dealkylation sites (N-methyl/N-ethyl adjacent to an activating group) is 1. The fourth-order valence-electron chi connectivity index (χ4n) is 4.50. The highest BCUT2D eigenvalue weighted by Crippen LogP contribution is 2.28. The van der Waals surface area contributed by atoms with Gasteiger partial charge in [-0.15, -0.1) is 0 Å². The maximum atomic E-state index is 13.3. The largest absolute Gasteiger partial charge is 0.482 e. The van der Waals surface area contributed by atoms with Crippen LogP contribution in [-0.2, 0) is 27.2 Å². The van der Waals surface area contributed by atoms with Crippen molar-refractivity contribution in [3.63, 3.8) is 0 Å². The summed E-state index contributed by atoms with van der Waals surface area (Å²) in [4.78, 5) is 39.6. The Bertz CT molecular complexity index is 1090. The second kappa shape index (κ2) is 10.2. The fraction of sp³-hybridized carbons (Fsp3) is 0.400. The molecule has 2 atom stereocenters. The Morgan fingerprint density at radius 1 is 1.26 bits per heavy atom. The molecule has 0 bridgehead atoms. The highest BCUT2D eigenvalue weighted by atomic mass is 16.5. The topological polar surface area (TPSA) is 119 Å². The van der Waals surface area contributed by atoms with Gasteiger partial charge in [-0.1, -0.05) is 24.3 Å². The number of aliphatic hydroxyl groups excluding tert-OH is 1. The van der Waals surface area contributed by atoms with Crippen molar-refractivity contribution in [3.05, 3.63) is 59.2 Å². The van der Waals surface area contributed by atoms with Crippen molar-refractivity contribution >= 4 is 23.5 Å². The van der Waals surface area contributed by atoms with Gasteiger partial charge in [-0.25, -0.2) is 4.79 Å². The number of carbonyl (C=O) groups excluding carboxylic acids is 2. The molecule has 4 rings (SSSR count). The van der Waals surface area contributed by atoms with Gasteiger partial charge in [0.15, 0.2) is 6.61 Å². The quantitative estimate of drug-likeness (QED) is 0.511. The van der Waals surface area contributed by atoms with Gasteiger partial charge >= 0.3 is 5.97 Å². The van der Waals surface area contributed by atoms with Crippen LogP contribution in [0.25, 0.3) is 0 Å². The average molecular weight is 468 g/mol. The van der Waals surface area contributed by atoms with Crippen molar-refractivity contribution in [2.75, 3.05) is 38.6 Å². The number of carboxylic acids is 1. The monoisotopic (exact) mass is 467 g/mol. The normalized spacial score (nSPS) is 18.3. The number of aliphatic carboxylic acids is 1. The molecule has 2 aliphatic rings. The zero-order valence-corrected chi connectivity index (χ0v) is 19.1. The lowest BCUT2D eigenvalue weighted by Crippen LogP contribution is -2.39. The van der Waals surface area contributed by atoms with Gasteiger partial charge < -0.3 is 25.2 Å². The Balaban J connectivity index is 1.52. The molecule has 3 N–H and O–H groups in total. The summed E-state index contributed by atoms with van der Waals surface area (Å²) in [6.45, 7) is 1.36. The first-order valence-electron chi connectivity index (χ1n) is 11.3. The average Bonchev–Trinajstić information content (AvgIpc) is 3.39. The van der Waals surface area contributed by atoms with Crippen LogP contribution >= 0.6 is 0 Å². The number of hydrogen-bond donors (Lipinski definition) is 3. The van der Waals surface area contributed by atoms with Gasteiger partial charge in [-0.2, -0.15) is 0 Å². The third-order valence-electron chi connectivity index (χ3n) is 6.29. The van der Waals surface area contributed by atoms with E-state index in [9.17, 15) is 19.5 Å². The molecule has 0 saturated carbocycles. The maximum Gasteiger partial charge on any atom is 0.341 e. The summed E-state index contributed by atoms with van der Waals surface area (Å²) in [5.74, 6) is -0.776. The molecule has 180 valence electrons. The number of aliphatic hydroxyl groups is 1. The molecule has 2 aromatic carbocycles. The number of likely N-dealkylation sites (tertiary alicyclic amines) is 1. The molecule has 9 heteroatoms. The summed E-state index contributed by atoms with van der Waals surface area (Å²) in [5, 5.41) is 21.7. The first-order valence-corrected chi connectivity index (χ1v) is 11.3. The number of nitrogens with one attached hydrogen (secondary N) is 1. The van der Waals surface area contributed by atoms with Crippen LogP contribution in [0.5, 0.6) is 5.75 Å². The molecule has 0 radical (unpaired) electrons. The summed E-state index contributed by atoms with van der Waals surface area (Å²) in [6, 6.07) is 12.4. The SMILES string of the molecule is CN(C(=O)Cc1ccc2c(c1)CC(=O)N2)[C@H](CN1CCC(O)C1)c1cccc(OCC(=O)O)c1. The zero-order valence-electron chi connectivity index (χ0n) is 19.1. The van der Waals surface area contributed by atoms with Crippen LogP contribution in [0.1, 0.15) is 29.2 Å².